The largest absolute Gasteiger partial charge is 0.491 e. The molecule has 0 saturated carbocycles. The van der Waals surface area contributed by atoms with Crippen molar-refractivity contribution in [3.63, 3.8) is 0 Å². The lowest BCUT2D eigenvalue weighted by molar-refractivity contribution is -0.143. The van der Waals surface area contributed by atoms with Gasteiger partial charge in [-0.3, -0.25) is 9.59 Å². The number of amides is 2. The molecule has 0 fully saturated rings. The van der Waals surface area contributed by atoms with Gasteiger partial charge in [0, 0.05) is 19.2 Å². The predicted octanol–water partition coefficient (Wildman–Crippen LogP) is 0.341. The van der Waals surface area contributed by atoms with Crippen LogP contribution in [0.25, 0.3) is 0 Å². The van der Waals surface area contributed by atoms with Gasteiger partial charge in [-0.1, -0.05) is 0 Å². The average Bonchev–Trinajstić information content (AvgIpc) is 2.92. The van der Waals surface area contributed by atoms with Crippen molar-refractivity contribution in [2.24, 2.45) is 0 Å². The molecule has 1 rings (SSSR count). The number of hydrogen-bond donors (Lipinski definition) is 3. The lowest BCUT2D eigenvalue weighted by Gasteiger charge is -2.09. The second-order valence-electron chi connectivity index (χ2n) is 7.96. The lowest BCUT2D eigenvalue weighted by Crippen LogP contribution is -2.31. The zero-order valence-electron chi connectivity index (χ0n) is 23.1. The number of carboxylic acids is 1. The van der Waals surface area contributed by atoms with Crippen molar-refractivity contribution in [1.82, 2.24) is 5.32 Å². The second kappa shape index (κ2) is 25.1. The summed E-state index contributed by atoms with van der Waals surface area (Å²) in [6, 6.07) is 7.12. The van der Waals surface area contributed by atoms with Crippen LogP contribution >= 0.6 is 0 Å². The van der Waals surface area contributed by atoms with Gasteiger partial charge in [0.25, 0.3) is 0 Å². The molecular formula is C26H42N2O12. The highest BCUT2D eigenvalue weighted by atomic mass is 16.6. The molecule has 0 bridgehead atoms. The van der Waals surface area contributed by atoms with Crippen LogP contribution in [0.2, 0.25) is 0 Å². The van der Waals surface area contributed by atoms with E-state index in [1.54, 1.807) is 24.3 Å². The van der Waals surface area contributed by atoms with E-state index in [0.717, 1.165) is 5.69 Å². The topological polar surface area (TPSA) is 169 Å². The number of anilines is 1. The first-order chi connectivity index (χ1) is 19.5. The van der Waals surface area contributed by atoms with Crippen molar-refractivity contribution < 1.29 is 57.4 Å². The molecule has 3 N–H and O–H groups in total. The number of aliphatic carboxylic acids is 1. The molecule has 0 heterocycles. The standard InChI is InChI=1S/C26H42N2O12/c1-22(29)28-23-2-4-24(5-3-23)40-19-18-38-17-16-37-15-14-36-13-12-35-11-10-34-9-8-33-7-6-27-25(30)20-39-21-26(31)32/h2-5H,6-21H2,1H3,(H,27,30)(H,28,29)(H,31,32). The second-order valence-corrected chi connectivity index (χ2v) is 7.96. The molecule has 228 valence electrons. The first kappa shape index (κ1) is 35.2. The smallest absolute Gasteiger partial charge is 0.329 e. The number of rotatable bonds is 27. The van der Waals surface area contributed by atoms with Crippen LogP contribution in [-0.4, -0.2) is 129 Å². The average molecular weight is 575 g/mol. The molecule has 0 unspecified atom stereocenters. The van der Waals surface area contributed by atoms with E-state index in [1.807, 2.05) is 0 Å². The highest BCUT2D eigenvalue weighted by Gasteiger charge is 2.03. The molecule has 0 aromatic heterocycles. The zero-order chi connectivity index (χ0) is 29.1. The summed E-state index contributed by atoms with van der Waals surface area (Å²) in [6.45, 7) is 6.52. The van der Waals surface area contributed by atoms with Crippen molar-refractivity contribution in [3.8, 4) is 5.75 Å². The molecule has 0 aliphatic carbocycles. The number of carbonyl (C=O) groups excluding carboxylic acids is 2. The molecule has 0 radical (unpaired) electrons. The summed E-state index contributed by atoms with van der Waals surface area (Å²) in [5.74, 6) is -0.939. The number of hydrogen-bond acceptors (Lipinski definition) is 11. The van der Waals surface area contributed by atoms with Gasteiger partial charge in [0.2, 0.25) is 11.8 Å². The molecule has 0 aliphatic rings. The molecule has 1 aromatic carbocycles. The Bertz CT molecular complexity index is 794. The van der Waals surface area contributed by atoms with Crippen LogP contribution in [0.5, 0.6) is 5.75 Å². The van der Waals surface area contributed by atoms with E-state index in [0.29, 0.717) is 98.2 Å². The van der Waals surface area contributed by atoms with Crippen LogP contribution in [0, 0.1) is 0 Å². The molecule has 0 spiro atoms. The Balaban J connectivity index is 1.73. The number of benzene rings is 1. The van der Waals surface area contributed by atoms with Crippen LogP contribution < -0.4 is 15.4 Å². The van der Waals surface area contributed by atoms with Crippen molar-refractivity contribution in [1.29, 1.82) is 0 Å². The Morgan fingerprint density at radius 2 is 1.07 bits per heavy atom. The molecule has 2 amide bonds. The van der Waals surface area contributed by atoms with Crippen LogP contribution in [0.3, 0.4) is 0 Å². The third kappa shape index (κ3) is 23.1. The Morgan fingerprint density at radius 3 is 1.52 bits per heavy atom. The summed E-state index contributed by atoms with van der Waals surface area (Å²) < 4.78 is 42.7. The highest BCUT2D eigenvalue weighted by molar-refractivity contribution is 5.88. The number of carbonyl (C=O) groups is 3. The maximum atomic E-state index is 11.3. The van der Waals surface area contributed by atoms with E-state index in [-0.39, 0.29) is 12.5 Å². The summed E-state index contributed by atoms with van der Waals surface area (Å²) in [6.07, 6.45) is 0. The number of ether oxygens (including phenoxy) is 8. The first-order valence-corrected chi connectivity index (χ1v) is 13.0. The molecule has 14 nitrogen and oxygen atoms in total. The monoisotopic (exact) mass is 574 g/mol. The van der Waals surface area contributed by atoms with E-state index in [4.69, 9.17) is 38.3 Å². The molecule has 14 heteroatoms. The fourth-order valence-electron chi connectivity index (χ4n) is 2.80. The summed E-state index contributed by atoms with van der Waals surface area (Å²) in [5, 5.41) is 13.6. The third-order valence-electron chi connectivity index (χ3n) is 4.56. The van der Waals surface area contributed by atoms with Gasteiger partial charge in [0.1, 0.15) is 25.6 Å². The third-order valence-corrected chi connectivity index (χ3v) is 4.56. The molecule has 0 aliphatic heterocycles. The predicted molar refractivity (Wildman–Crippen MR) is 143 cm³/mol. The lowest BCUT2D eigenvalue weighted by atomic mass is 10.3. The van der Waals surface area contributed by atoms with E-state index in [1.165, 1.54) is 6.92 Å². The van der Waals surface area contributed by atoms with Crippen molar-refractivity contribution in [3.05, 3.63) is 24.3 Å². The van der Waals surface area contributed by atoms with Gasteiger partial charge >= 0.3 is 5.97 Å². The van der Waals surface area contributed by atoms with Gasteiger partial charge in [-0.15, -0.1) is 0 Å². The summed E-state index contributed by atoms with van der Waals surface area (Å²) in [7, 11) is 0. The van der Waals surface area contributed by atoms with Gasteiger partial charge in [-0.05, 0) is 24.3 Å². The van der Waals surface area contributed by atoms with Gasteiger partial charge in [-0.2, -0.15) is 0 Å². The van der Waals surface area contributed by atoms with Crippen molar-refractivity contribution in [2.45, 2.75) is 6.92 Å². The summed E-state index contributed by atoms with van der Waals surface area (Å²) in [5.41, 5.74) is 0.721. The minimum Gasteiger partial charge on any atom is -0.491 e. The molecule has 0 saturated heterocycles. The molecule has 1 aromatic rings. The van der Waals surface area contributed by atoms with Gasteiger partial charge in [-0.25, -0.2) is 4.79 Å². The van der Waals surface area contributed by atoms with Gasteiger partial charge in [0.05, 0.1) is 79.3 Å². The Morgan fingerprint density at radius 1 is 0.625 bits per heavy atom. The van der Waals surface area contributed by atoms with E-state index in [9.17, 15) is 14.4 Å². The van der Waals surface area contributed by atoms with Crippen molar-refractivity contribution >= 4 is 23.5 Å². The maximum Gasteiger partial charge on any atom is 0.329 e. The van der Waals surface area contributed by atoms with Gasteiger partial charge < -0.3 is 53.6 Å². The fourth-order valence-corrected chi connectivity index (χ4v) is 2.80. The summed E-state index contributed by atoms with van der Waals surface area (Å²) in [4.78, 5) is 32.6. The van der Waals surface area contributed by atoms with Crippen LogP contribution in [0.15, 0.2) is 24.3 Å². The Hall–Kier alpha value is -2.85. The normalized spacial score (nSPS) is 10.8. The van der Waals surface area contributed by atoms with E-state index in [2.05, 4.69) is 15.4 Å². The first-order valence-electron chi connectivity index (χ1n) is 13.0. The van der Waals surface area contributed by atoms with Crippen LogP contribution in [0.1, 0.15) is 6.92 Å². The van der Waals surface area contributed by atoms with Crippen molar-refractivity contribution in [2.75, 3.05) is 111 Å². The molecule has 40 heavy (non-hydrogen) atoms. The van der Waals surface area contributed by atoms with Crippen LogP contribution in [-0.2, 0) is 47.5 Å². The molecule has 0 atom stereocenters. The van der Waals surface area contributed by atoms with Crippen LogP contribution in [0.4, 0.5) is 5.69 Å². The van der Waals surface area contributed by atoms with E-state index < -0.39 is 18.5 Å². The summed E-state index contributed by atoms with van der Waals surface area (Å²) >= 11 is 0. The highest BCUT2D eigenvalue weighted by Crippen LogP contribution is 2.15. The zero-order valence-corrected chi connectivity index (χ0v) is 23.1. The SMILES string of the molecule is CC(=O)Nc1ccc(OCCOCCOCCOCCOCCOCCOCCNC(=O)COCC(=O)O)cc1. The molecular weight excluding hydrogens is 532 g/mol. The Labute approximate surface area is 234 Å². The Kier molecular flexibility index (Phi) is 22.1. The van der Waals surface area contributed by atoms with Gasteiger partial charge in [0.15, 0.2) is 0 Å². The maximum absolute atomic E-state index is 11.3. The number of nitrogens with one attached hydrogen (secondary N) is 2. The fraction of sp³-hybridized carbons (Fsp3) is 0.654. The minimum atomic E-state index is -1.13. The minimum absolute atomic E-state index is 0.117. The van der Waals surface area contributed by atoms with E-state index >= 15 is 0 Å². The number of carboxylic acid groups (broad SMARTS) is 1. The quantitative estimate of drug-likeness (QED) is 0.123.